The average molecular weight is 333 g/mol. The Kier molecular flexibility index (Phi) is 3.84. The maximum Gasteiger partial charge on any atom is 0.296 e. The van der Waals surface area contributed by atoms with Crippen LogP contribution in [0.15, 0.2) is 30.0 Å². The number of halogens is 1. The highest BCUT2D eigenvalue weighted by atomic mass is 35.5. The maximum atomic E-state index is 10.8. The lowest BCUT2D eigenvalue weighted by Crippen LogP contribution is -3.00. The van der Waals surface area contributed by atoms with Gasteiger partial charge in [-0.05, 0) is 31.4 Å². The Bertz CT molecular complexity index is 784. The number of amidine groups is 1. The Morgan fingerprint density at radius 1 is 1.26 bits per heavy atom. The Hall–Kier alpha value is -2.01. The zero-order valence-electron chi connectivity index (χ0n) is 13.4. The molecule has 3 heterocycles. The predicted octanol–water partition coefficient (Wildman–Crippen LogP) is -0.879. The third-order valence-electron chi connectivity index (χ3n) is 5.06. The van der Waals surface area contributed by atoms with Crippen LogP contribution < -0.4 is 17.0 Å². The third-order valence-corrected chi connectivity index (χ3v) is 5.06. The van der Waals surface area contributed by atoms with E-state index in [1.807, 2.05) is 31.1 Å². The van der Waals surface area contributed by atoms with Crippen molar-refractivity contribution in [2.45, 2.75) is 25.3 Å². The maximum absolute atomic E-state index is 10.8. The second kappa shape index (κ2) is 5.57. The number of aliphatic hydroxyl groups excluding tert-OH is 1. The topological polar surface area (TPSA) is 56.1 Å². The molecule has 4 rings (SSSR count). The first kappa shape index (κ1) is 15.9. The van der Waals surface area contributed by atoms with Gasteiger partial charge in [0, 0.05) is 6.54 Å². The lowest BCUT2D eigenvalue weighted by Gasteiger charge is -2.31. The monoisotopic (exact) mass is 332 g/mol. The number of hydrogen-bond donors (Lipinski definition) is 2. The molecule has 2 N–H and O–H groups in total. The van der Waals surface area contributed by atoms with Gasteiger partial charge in [0.1, 0.15) is 17.2 Å². The summed E-state index contributed by atoms with van der Waals surface area (Å²) in [6, 6.07) is 8.17. The predicted molar refractivity (Wildman–Crippen MR) is 85.7 cm³/mol. The van der Waals surface area contributed by atoms with Crippen molar-refractivity contribution in [3.8, 4) is 0 Å². The van der Waals surface area contributed by atoms with Gasteiger partial charge in [-0.2, -0.15) is 0 Å². The normalized spacial score (nSPS) is 20.9. The summed E-state index contributed by atoms with van der Waals surface area (Å²) >= 11 is 0. The molecular weight excluding hydrogens is 312 g/mol. The fourth-order valence-electron chi connectivity index (χ4n) is 3.96. The smallest absolute Gasteiger partial charge is 0.296 e. The van der Waals surface area contributed by atoms with E-state index in [9.17, 15) is 5.11 Å². The Morgan fingerprint density at radius 3 is 2.70 bits per heavy atom. The first-order chi connectivity index (χ1) is 10.6. The Labute approximate surface area is 141 Å². The molecule has 23 heavy (non-hydrogen) atoms. The van der Waals surface area contributed by atoms with Crippen LogP contribution >= 0.6 is 0 Å². The molecule has 0 radical (unpaired) electrons. The first-order valence-corrected chi connectivity index (χ1v) is 7.83. The third kappa shape index (κ3) is 2.06. The quantitative estimate of drug-likeness (QED) is 0.667. The lowest BCUT2D eigenvalue weighted by atomic mass is 10.0. The van der Waals surface area contributed by atoms with Crippen molar-refractivity contribution in [2.24, 2.45) is 14.1 Å². The van der Waals surface area contributed by atoms with Gasteiger partial charge in [-0.15, -0.1) is 0 Å². The van der Waals surface area contributed by atoms with E-state index < -0.39 is 0 Å². The van der Waals surface area contributed by atoms with Crippen molar-refractivity contribution < 1.29 is 22.1 Å². The molecule has 2 aliphatic heterocycles. The van der Waals surface area contributed by atoms with Gasteiger partial charge >= 0.3 is 0 Å². The first-order valence-electron chi connectivity index (χ1n) is 7.83. The summed E-state index contributed by atoms with van der Waals surface area (Å²) in [5.41, 5.74) is 2.91. The van der Waals surface area contributed by atoms with Crippen LogP contribution in [0.4, 0.5) is 0 Å². The number of imidazole rings is 1. The van der Waals surface area contributed by atoms with Crippen LogP contribution in [0.2, 0.25) is 0 Å². The second-order valence-electron chi connectivity index (χ2n) is 6.24. The van der Waals surface area contributed by atoms with E-state index in [0.717, 1.165) is 42.7 Å². The van der Waals surface area contributed by atoms with E-state index in [-0.39, 0.29) is 18.4 Å². The van der Waals surface area contributed by atoms with E-state index in [1.54, 1.807) is 0 Å². The summed E-state index contributed by atoms with van der Waals surface area (Å²) in [5.74, 6) is 1.73. The number of aliphatic hydroxyl groups is 1. The number of nitrogens with one attached hydrogen (secondary N) is 1. The van der Waals surface area contributed by atoms with Gasteiger partial charge in [-0.3, -0.25) is 5.41 Å². The second-order valence-corrected chi connectivity index (χ2v) is 6.24. The van der Waals surface area contributed by atoms with Crippen LogP contribution in [0.5, 0.6) is 0 Å². The van der Waals surface area contributed by atoms with E-state index >= 15 is 0 Å². The molecule has 2 aliphatic rings. The zero-order valence-corrected chi connectivity index (χ0v) is 14.1. The molecule has 1 atom stereocenters. The molecule has 1 aromatic heterocycles. The molecule has 1 aromatic carbocycles. The number of piperidine rings is 1. The zero-order chi connectivity index (χ0) is 15.4. The van der Waals surface area contributed by atoms with Crippen molar-refractivity contribution in [1.29, 1.82) is 5.41 Å². The SMILES string of the molecule is Cn1c(C2=C(O)C3CCCCN3C2=N)[n+](C)c2ccccc21.[Cl-]. The highest BCUT2D eigenvalue weighted by Gasteiger charge is 2.43. The standard InChI is InChI=1S/C17H20N4O.ClH/c1-19-11-7-3-4-8-12(11)20(2)17(19)14-15(22)13-9-5-6-10-21(13)16(14)18;/h3-4,7-8,13,18H,5-6,9-10H2,1-2H3;1H. The van der Waals surface area contributed by atoms with Crippen LogP contribution in [0.25, 0.3) is 16.6 Å². The van der Waals surface area contributed by atoms with Gasteiger partial charge in [0.25, 0.3) is 5.82 Å². The van der Waals surface area contributed by atoms with Crippen LogP contribution in [0.3, 0.4) is 0 Å². The van der Waals surface area contributed by atoms with E-state index in [4.69, 9.17) is 5.41 Å². The largest absolute Gasteiger partial charge is 1.00 e. The molecule has 2 aromatic rings. The number of nitrogens with zero attached hydrogens (tertiary/aromatic N) is 3. The number of aromatic nitrogens is 2. The van der Waals surface area contributed by atoms with E-state index in [2.05, 4.69) is 21.3 Å². The van der Waals surface area contributed by atoms with Gasteiger partial charge < -0.3 is 22.4 Å². The number of fused-ring (bicyclic) bond motifs is 2. The van der Waals surface area contributed by atoms with Gasteiger partial charge in [-0.25, -0.2) is 9.13 Å². The average Bonchev–Trinajstić information content (AvgIpc) is 2.94. The van der Waals surface area contributed by atoms with Crippen molar-refractivity contribution in [1.82, 2.24) is 9.47 Å². The molecule has 6 heteroatoms. The molecule has 0 amide bonds. The van der Waals surface area contributed by atoms with Gasteiger partial charge in [0.15, 0.2) is 11.0 Å². The van der Waals surface area contributed by atoms with Crippen LogP contribution in [0, 0.1) is 5.41 Å². The van der Waals surface area contributed by atoms with E-state index in [1.165, 1.54) is 0 Å². The van der Waals surface area contributed by atoms with Crippen LogP contribution in [0.1, 0.15) is 25.1 Å². The van der Waals surface area contributed by atoms with Crippen molar-refractivity contribution >= 4 is 22.4 Å². The molecule has 122 valence electrons. The summed E-state index contributed by atoms with van der Waals surface area (Å²) in [5, 5.41) is 19.3. The number of para-hydroxylation sites is 2. The molecular formula is C17H21ClN4O. The number of rotatable bonds is 1. The number of hydrogen-bond acceptors (Lipinski definition) is 2. The molecule has 1 fully saturated rings. The highest BCUT2D eigenvalue weighted by Crippen LogP contribution is 2.36. The summed E-state index contributed by atoms with van der Waals surface area (Å²) in [7, 11) is 4.01. The molecule has 0 saturated carbocycles. The fraction of sp³-hybridized carbons (Fsp3) is 0.412. The summed E-state index contributed by atoms with van der Waals surface area (Å²) < 4.78 is 4.15. The summed E-state index contributed by atoms with van der Waals surface area (Å²) in [4.78, 5) is 2.05. The molecule has 0 spiro atoms. The molecule has 1 saturated heterocycles. The van der Waals surface area contributed by atoms with Crippen molar-refractivity contribution in [3.63, 3.8) is 0 Å². The highest BCUT2D eigenvalue weighted by molar-refractivity contribution is 6.23. The lowest BCUT2D eigenvalue weighted by molar-refractivity contribution is -0.648. The summed E-state index contributed by atoms with van der Waals surface area (Å²) in [6.07, 6.45) is 3.15. The summed E-state index contributed by atoms with van der Waals surface area (Å²) in [6.45, 7) is 0.866. The fourth-order valence-corrected chi connectivity index (χ4v) is 3.96. The van der Waals surface area contributed by atoms with Crippen LogP contribution in [-0.4, -0.2) is 33.0 Å². The van der Waals surface area contributed by atoms with Gasteiger partial charge in [-0.1, -0.05) is 12.1 Å². The Balaban J connectivity index is 0.00000156. The Morgan fingerprint density at radius 2 is 2.00 bits per heavy atom. The van der Waals surface area contributed by atoms with Crippen LogP contribution in [-0.2, 0) is 14.1 Å². The van der Waals surface area contributed by atoms with Gasteiger partial charge in [0.05, 0.1) is 20.1 Å². The van der Waals surface area contributed by atoms with Crippen molar-refractivity contribution in [2.75, 3.05) is 6.54 Å². The minimum absolute atomic E-state index is 0. The van der Waals surface area contributed by atoms with E-state index in [0.29, 0.717) is 17.2 Å². The minimum atomic E-state index is -0.00531. The number of aryl methyl sites for hydroxylation is 2. The van der Waals surface area contributed by atoms with Gasteiger partial charge in [0.2, 0.25) is 0 Å². The molecule has 5 nitrogen and oxygen atoms in total. The van der Waals surface area contributed by atoms with Crippen molar-refractivity contribution in [3.05, 3.63) is 35.8 Å². The minimum Gasteiger partial charge on any atom is -1.00 e. The molecule has 0 bridgehead atoms. The molecule has 0 aliphatic carbocycles. The molecule has 1 unspecified atom stereocenters. The number of benzene rings is 1.